The topological polar surface area (TPSA) is 41.9 Å². The molecular weight excluding hydrogens is 573 g/mol. The minimum Gasteiger partial charge on any atom is -0.292 e. The van der Waals surface area contributed by atoms with Gasteiger partial charge in [-0.15, -0.1) is 0 Å². The highest BCUT2D eigenvalue weighted by Gasteiger charge is 2.29. The molecule has 1 aliphatic heterocycles. The van der Waals surface area contributed by atoms with Crippen molar-refractivity contribution in [3.05, 3.63) is 146 Å². The van der Waals surface area contributed by atoms with Crippen LogP contribution in [0.2, 0.25) is 0 Å². The Morgan fingerprint density at radius 1 is 0.468 bits per heavy atom. The summed E-state index contributed by atoms with van der Waals surface area (Å²) in [6, 6.07) is 48.8. The van der Waals surface area contributed by atoms with Gasteiger partial charge in [-0.25, -0.2) is 9.97 Å². The quantitative estimate of drug-likeness (QED) is 0.187. The fourth-order valence-electron chi connectivity index (χ4n) is 6.46. The second-order valence-corrected chi connectivity index (χ2v) is 10.9. The van der Waals surface area contributed by atoms with E-state index in [9.17, 15) is 0 Å². The van der Waals surface area contributed by atoms with Crippen molar-refractivity contribution in [2.45, 2.75) is 27.7 Å². The molecule has 4 heteroatoms. The molecular formula is C43H36N4. The van der Waals surface area contributed by atoms with E-state index in [-0.39, 0.29) is 0 Å². The Hall–Kier alpha value is -5.87. The number of hydrogen-bond acceptors (Lipinski definition) is 4. The molecule has 0 radical (unpaired) electrons. The lowest BCUT2D eigenvalue weighted by Gasteiger charge is -2.32. The van der Waals surface area contributed by atoms with Crippen LogP contribution in [0.3, 0.4) is 0 Å². The van der Waals surface area contributed by atoms with E-state index in [1.54, 1.807) is 0 Å². The summed E-state index contributed by atoms with van der Waals surface area (Å²) in [7, 11) is 0. The summed E-state index contributed by atoms with van der Waals surface area (Å²) >= 11 is 0. The van der Waals surface area contributed by atoms with Crippen molar-refractivity contribution in [1.29, 1.82) is 0 Å². The van der Waals surface area contributed by atoms with Gasteiger partial charge in [0.05, 0.1) is 39.8 Å². The van der Waals surface area contributed by atoms with E-state index in [1.165, 1.54) is 10.9 Å². The number of pyridine rings is 1. The Morgan fingerprint density at radius 2 is 1.13 bits per heavy atom. The van der Waals surface area contributed by atoms with Crippen LogP contribution in [0, 0.1) is 0 Å². The van der Waals surface area contributed by atoms with Gasteiger partial charge < -0.3 is 0 Å². The zero-order valence-corrected chi connectivity index (χ0v) is 27.1. The first kappa shape index (κ1) is 29.8. The first-order valence-corrected chi connectivity index (χ1v) is 16.5. The highest BCUT2D eigenvalue weighted by atomic mass is 15.2. The largest absolute Gasteiger partial charge is 0.292 e. The predicted molar refractivity (Wildman–Crippen MR) is 200 cm³/mol. The number of rotatable bonds is 3. The number of anilines is 3. The maximum atomic E-state index is 5.50. The third-order valence-corrected chi connectivity index (χ3v) is 8.42. The van der Waals surface area contributed by atoms with Gasteiger partial charge in [-0.2, -0.15) is 0 Å². The molecule has 0 bridgehead atoms. The predicted octanol–water partition coefficient (Wildman–Crippen LogP) is 12.2. The molecule has 0 amide bonds. The summed E-state index contributed by atoms with van der Waals surface area (Å²) < 4.78 is 0. The van der Waals surface area contributed by atoms with Crippen LogP contribution < -0.4 is 4.90 Å². The lowest BCUT2D eigenvalue weighted by molar-refractivity contribution is 1.17. The summed E-state index contributed by atoms with van der Waals surface area (Å²) in [6.07, 6.45) is 1.88. The molecule has 0 unspecified atom stereocenters. The maximum Gasteiger partial charge on any atom is 0.156 e. The van der Waals surface area contributed by atoms with Gasteiger partial charge in [0.1, 0.15) is 0 Å². The second kappa shape index (κ2) is 12.9. The van der Waals surface area contributed by atoms with Crippen LogP contribution in [0.15, 0.2) is 146 Å². The summed E-state index contributed by atoms with van der Waals surface area (Å²) in [5.74, 6) is 0.781. The Labute approximate surface area is 276 Å². The van der Waals surface area contributed by atoms with Crippen molar-refractivity contribution >= 4 is 49.9 Å². The molecule has 228 valence electrons. The Balaban J connectivity index is 0.000000848. The molecule has 9 rings (SSSR count). The van der Waals surface area contributed by atoms with E-state index in [2.05, 4.69) is 120 Å². The molecule has 3 heterocycles. The van der Waals surface area contributed by atoms with E-state index in [1.807, 2.05) is 58.2 Å². The molecule has 0 atom stereocenters. The summed E-state index contributed by atoms with van der Waals surface area (Å²) in [4.78, 5) is 17.6. The Morgan fingerprint density at radius 3 is 1.89 bits per heavy atom. The number of para-hydroxylation sites is 3. The van der Waals surface area contributed by atoms with E-state index in [4.69, 9.17) is 15.0 Å². The average molecular weight is 609 g/mol. The molecule has 47 heavy (non-hydrogen) atoms. The minimum atomic E-state index is 0.781. The van der Waals surface area contributed by atoms with E-state index in [0.717, 1.165) is 72.5 Å². The van der Waals surface area contributed by atoms with Crippen molar-refractivity contribution < 1.29 is 0 Å². The van der Waals surface area contributed by atoms with Crippen molar-refractivity contribution in [2.24, 2.45) is 0 Å². The number of hydrogen-bond donors (Lipinski definition) is 0. The van der Waals surface area contributed by atoms with Crippen molar-refractivity contribution in [1.82, 2.24) is 15.0 Å². The molecule has 0 N–H and O–H groups in total. The number of nitrogens with zero attached hydrogens (tertiary/aromatic N) is 4. The van der Waals surface area contributed by atoms with E-state index in [0.29, 0.717) is 0 Å². The van der Waals surface area contributed by atoms with Crippen LogP contribution in [0.1, 0.15) is 27.7 Å². The van der Waals surface area contributed by atoms with Crippen LogP contribution in [-0.2, 0) is 0 Å². The number of aromatic nitrogens is 3. The van der Waals surface area contributed by atoms with Crippen molar-refractivity contribution in [3.8, 4) is 33.5 Å². The van der Waals surface area contributed by atoms with Crippen molar-refractivity contribution in [3.63, 3.8) is 0 Å². The monoisotopic (exact) mass is 608 g/mol. The third-order valence-electron chi connectivity index (χ3n) is 8.42. The lowest BCUT2D eigenvalue weighted by Crippen LogP contribution is -2.17. The molecule has 0 saturated heterocycles. The molecule has 4 nitrogen and oxygen atoms in total. The Kier molecular flexibility index (Phi) is 8.16. The van der Waals surface area contributed by atoms with Gasteiger partial charge in [0.2, 0.25) is 0 Å². The van der Waals surface area contributed by atoms with Gasteiger partial charge in [-0.1, -0.05) is 137 Å². The molecule has 1 aliphatic rings. The van der Waals surface area contributed by atoms with Crippen LogP contribution in [0.5, 0.6) is 0 Å². The third kappa shape index (κ3) is 5.08. The molecule has 0 saturated carbocycles. The fraction of sp³-hybridized carbons (Fsp3) is 0.0930. The van der Waals surface area contributed by atoms with Gasteiger partial charge in [-0.3, -0.25) is 9.88 Å². The fourth-order valence-corrected chi connectivity index (χ4v) is 6.46. The number of benzene rings is 6. The minimum absolute atomic E-state index is 0.781. The summed E-state index contributed by atoms with van der Waals surface area (Å²) in [5.41, 5.74) is 11.5. The highest BCUT2D eigenvalue weighted by Crippen LogP contribution is 2.52. The van der Waals surface area contributed by atoms with Gasteiger partial charge in [0.25, 0.3) is 0 Å². The van der Waals surface area contributed by atoms with E-state index < -0.39 is 0 Å². The van der Waals surface area contributed by atoms with Crippen molar-refractivity contribution in [2.75, 3.05) is 4.90 Å². The highest BCUT2D eigenvalue weighted by molar-refractivity contribution is 6.21. The normalized spacial score (nSPS) is 11.4. The zero-order chi connectivity index (χ0) is 32.3. The van der Waals surface area contributed by atoms with Crippen LogP contribution >= 0.6 is 0 Å². The summed E-state index contributed by atoms with van der Waals surface area (Å²) in [5, 5.41) is 3.42. The van der Waals surface area contributed by atoms with E-state index >= 15 is 0 Å². The van der Waals surface area contributed by atoms with Crippen LogP contribution in [0.25, 0.3) is 66.2 Å². The second-order valence-electron chi connectivity index (χ2n) is 10.9. The van der Waals surface area contributed by atoms with Gasteiger partial charge in [0.15, 0.2) is 5.82 Å². The molecule has 0 fully saturated rings. The molecule has 8 aromatic rings. The lowest BCUT2D eigenvalue weighted by atomic mass is 9.90. The number of fused-ring (bicyclic) bond motifs is 5. The average Bonchev–Trinajstić information content (AvgIpc) is 3.17. The van der Waals surface area contributed by atoms with Crippen LogP contribution in [-0.4, -0.2) is 15.0 Å². The standard InChI is InChI=1S/C39H24N4.2C2H6/c1-3-11-25(12-4-1)27-21-22-34-31(23-27)39-37-29(30-17-9-15-28(38(30)42-39)26-13-5-2-6-14-26)16-10-20-35(37)43(34)36-24-40-32-18-7-8-19-33(32)41-36;2*1-2/h1-24H;2*1-2H3. The maximum absolute atomic E-state index is 5.50. The Bertz CT molecular complexity index is 2350. The smallest absolute Gasteiger partial charge is 0.156 e. The molecule has 2 aromatic heterocycles. The molecule has 0 aliphatic carbocycles. The van der Waals surface area contributed by atoms with Gasteiger partial charge in [0, 0.05) is 21.9 Å². The van der Waals surface area contributed by atoms with Gasteiger partial charge in [-0.05, 0) is 52.4 Å². The van der Waals surface area contributed by atoms with Gasteiger partial charge >= 0.3 is 0 Å². The molecule has 0 spiro atoms. The first-order valence-electron chi connectivity index (χ1n) is 16.5. The SMILES string of the molecule is CC.CC.c1ccc(-c2ccc3c(c2)-c2nc4c(-c5ccccc5)cccc4c4cccc(c24)N3c2cnc3ccccc3n2)cc1. The van der Waals surface area contributed by atoms with Crippen LogP contribution in [0.4, 0.5) is 17.2 Å². The first-order chi connectivity index (χ1) is 23.3. The summed E-state index contributed by atoms with van der Waals surface area (Å²) in [6.45, 7) is 8.00. The zero-order valence-electron chi connectivity index (χ0n) is 27.1. The molecule has 6 aromatic carbocycles.